The van der Waals surface area contributed by atoms with E-state index in [0.29, 0.717) is 0 Å². The Hall–Kier alpha value is -1.08. The Labute approximate surface area is 106 Å². The zero-order valence-electron chi connectivity index (χ0n) is 11.0. The van der Waals surface area contributed by atoms with Gasteiger partial charge in [-0.3, -0.25) is 0 Å². The summed E-state index contributed by atoms with van der Waals surface area (Å²) in [6.07, 6.45) is 6.81. The fraction of sp³-hybridized carbons (Fsp3) is 0.312. The zero-order chi connectivity index (χ0) is 12.3. The van der Waals surface area contributed by atoms with Gasteiger partial charge in [-0.15, -0.1) is 0 Å². The Balaban J connectivity index is 2.46. The Morgan fingerprint density at radius 3 is 2.12 bits per heavy atom. The van der Waals surface area contributed by atoms with Crippen molar-refractivity contribution in [3.63, 3.8) is 0 Å². The van der Waals surface area contributed by atoms with Gasteiger partial charge < -0.3 is 0 Å². The minimum absolute atomic E-state index is 1.29. The van der Waals surface area contributed by atoms with Gasteiger partial charge in [-0.05, 0) is 6.92 Å². The molecule has 0 unspecified atom stereocenters. The topological polar surface area (TPSA) is 0 Å². The molecule has 1 aromatic carbocycles. The first-order valence-corrected chi connectivity index (χ1v) is 8.94. The van der Waals surface area contributed by atoms with Gasteiger partial charge in [-0.1, -0.05) is 85.3 Å². The smallest absolute Gasteiger partial charge is 0.0757 e. The molecule has 89 valence electrons. The molecule has 0 N–H and O–H groups in total. The molecular formula is C16H21Si. The highest BCUT2D eigenvalue weighted by Gasteiger charge is 2.40. The maximum absolute atomic E-state index is 2.36. The van der Waals surface area contributed by atoms with Crippen LogP contribution in [0.3, 0.4) is 0 Å². The predicted octanol–water partition coefficient (Wildman–Crippen LogP) is 4.01. The third-order valence-corrected chi connectivity index (χ3v) is 9.53. The lowest BCUT2D eigenvalue weighted by Crippen LogP contribution is -2.51. The number of benzene rings is 1. The molecule has 1 radical (unpaired) electrons. The molecule has 0 saturated heterocycles. The van der Waals surface area contributed by atoms with Gasteiger partial charge >= 0.3 is 0 Å². The molecule has 1 aliphatic carbocycles. The molecule has 0 aliphatic heterocycles. The lowest BCUT2D eigenvalue weighted by Gasteiger charge is -2.35. The molecule has 0 amide bonds. The van der Waals surface area contributed by atoms with Gasteiger partial charge in [0.05, 0.1) is 0 Å². The molecular weight excluding hydrogens is 220 g/mol. The van der Waals surface area contributed by atoms with Crippen LogP contribution in [-0.2, 0) is 0 Å². The molecule has 2 rings (SSSR count). The second-order valence-corrected chi connectivity index (χ2v) is 9.47. The van der Waals surface area contributed by atoms with Crippen LogP contribution in [-0.4, -0.2) is 8.07 Å². The van der Waals surface area contributed by atoms with Crippen LogP contribution in [0.2, 0.25) is 12.1 Å². The summed E-state index contributed by atoms with van der Waals surface area (Å²) in [6.45, 7) is 6.97. The standard InChI is InChI=1S/C16H21Si/c1-4-17(5-2,15-11-7-6-8-12-15)16-13-9-10-14(16)3/h6-13H,4-5H2,1-3H3. The highest BCUT2D eigenvalue weighted by Crippen LogP contribution is 2.35. The molecule has 0 atom stereocenters. The summed E-state index contributed by atoms with van der Waals surface area (Å²) >= 11 is 0. The third-order valence-electron chi connectivity index (χ3n) is 4.08. The number of rotatable bonds is 4. The van der Waals surface area contributed by atoms with Crippen molar-refractivity contribution in [1.82, 2.24) is 0 Å². The maximum atomic E-state index is 2.36. The molecule has 0 spiro atoms. The molecule has 0 aromatic heterocycles. The summed E-state index contributed by atoms with van der Waals surface area (Å²) in [5.41, 5.74) is 3.11. The van der Waals surface area contributed by atoms with Crippen molar-refractivity contribution in [2.24, 2.45) is 0 Å². The van der Waals surface area contributed by atoms with E-state index in [9.17, 15) is 0 Å². The van der Waals surface area contributed by atoms with Crippen LogP contribution in [0.15, 0.2) is 54.1 Å². The molecule has 0 bridgehead atoms. The summed E-state index contributed by atoms with van der Waals surface area (Å²) in [5.74, 6) is 0. The SMILES string of the molecule is CC[Si](CC)([C]1C=CC=C1C)c1ccccc1. The van der Waals surface area contributed by atoms with E-state index in [0.717, 1.165) is 0 Å². The van der Waals surface area contributed by atoms with E-state index in [1.54, 1.807) is 10.7 Å². The minimum atomic E-state index is -1.49. The monoisotopic (exact) mass is 241 g/mol. The van der Waals surface area contributed by atoms with Gasteiger partial charge in [0.15, 0.2) is 0 Å². The van der Waals surface area contributed by atoms with Crippen LogP contribution in [0.1, 0.15) is 20.8 Å². The van der Waals surface area contributed by atoms with E-state index in [1.165, 1.54) is 17.7 Å². The predicted molar refractivity (Wildman–Crippen MR) is 78.9 cm³/mol. The lowest BCUT2D eigenvalue weighted by atomic mass is 10.3. The van der Waals surface area contributed by atoms with Gasteiger partial charge in [0.25, 0.3) is 0 Å². The van der Waals surface area contributed by atoms with Gasteiger partial charge in [0.2, 0.25) is 0 Å². The molecule has 0 heterocycles. The molecule has 1 aliphatic rings. The van der Waals surface area contributed by atoms with Crippen molar-refractivity contribution in [2.75, 3.05) is 0 Å². The van der Waals surface area contributed by atoms with Gasteiger partial charge in [0.1, 0.15) is 8.07 Å². The van der Waals surface area contributed by atoms with Crippen molar-refractivity contribution in [3.8, 4) is 0 Å². The van der Waals surface area contributed by atoms with E-state index >= 15 is 0 Å². The quantitative estimate of drug-likeness (QED) is 0.699. The summed E-state index contributed by atoms with van der Waals surface area (Å²) in [5, 5.41) is 1.58. The second-order valence-electron chi connectivity index (χ2n) is 4.78. The minimum Gasteiger partial charge on any atom is -0.0757 e. The van der Waals surface area contributed by atoms with E-state index in [1.807, 2.05) is 0 Å². The van der Waals surface area contributed by atoms with Crippen molar-refractivity contribution < 1.29 is 0 Å². The van der Waals surface area contributed by atoms with Crippen molar-refractivity contribution in [2.45, 2.75) is 32.9 Å². The zero-order valence-corrected chi connectivity index (χ0v) is 12.0. The Bertz CT molecular complexity index is 424. The molecule has 1 heteroatoms. The maximum Gasteiger partial charge on any atom is 0.102 e. The fourth-order valence-corrected chi connectivity index (χ4v) is 7.47. The Kier molecular flexibility index (Phi) is 3.68. The van der Waals surface area contributed by atoms with E-state index in [2.05, 4.69) is 69.3 Å². The summed E-state index contributed by atoms with van der Waals surface area (Å²) in [7, 11) is -1.49. The van der Waals surface area contributed by atoms with Crippen LogP contribution in [0.25, 0.3) is 0 Å². The molecule has 1 aromatic rings. The van der Waals surface area contributed by atoms with E-state index in [-0.39, 0.29) is 0 Å². The molecule has 0 nitrogen and oxygen atoms in total. The average molecular weight is 241 g/mol. The Morgan fingerprint density at radius 1 is 1.00 bits per heavy atom. The van der Waals surface area contributed by atoms with Crippen molar-refractivity contribution >= 4 is 13.3 Å². The largest absolute Gasteiger partial charge is 0.102 e. The highest BCUT2D eigenvalue weighted by molar-refractivity contribution is 6.97. The summed E-state index contributed by atoms with van der Waals surface area (Å²) < 4.78 is 0. The first kappa shape index (κ1) is 12.4. The first-order valence-electron chi connectivity index (χ1n) is 6.53. The van der Waals surface area contributed by atoms with E-state index < -0.39 is 8.07 Å². The van der Waals surface area contributed by atoms with Gasteiger partial charge in [-0.2, -0.15) is 0 Å². The molecule has 0 fully saturated rings. The van der Waals surface area contributed by atoms with Crippen LogP contribution >= 0.6 is 0 Å². The third kappa shape index (κ3) is 2.04. The molecule has 17 heavy (non-hydrogen) atoms. The highest BCUT2D eigenvalue weighted by atomic mass is 28.3. The van der Waals surface area contributed by atoms with Crippen LogP contribution < -0.4 is 5.19 Å². The van der Waals surface area contributed by atoms with E-state index in [4.69, 9.17) is 0 Å². The average Bonchev–Trinajstić information content (AvgIpc) is 2.80. The molecule has 0 saturated carbocycles. The van der Waals surface area contributed by atoms with Crippen LogP contribution in [0.4, 0.5) is 0 Å². The van der Waals surface area contributed by atoms with Crippen molar-refractivity contribution in [1.29, 1.82) is 0 Å². The Morgan fingerprint density at radius 2 is 1.65 bits per heavy atom. The first-order chi connectivity index (χ1) is 8.24. The number of hydrogen-bond acceptors (Lipinski definition) is 0. The van der Waals surface area contributed by atoms with Gasteiger partial charge in [0, 0.05) is 5.54 Å². The fourth-order valence-electron chi connectivity index (χ4n) is 3.00. The summed E-state index contributed by atoms with van der Waals surface area (Å²) in [4.78, 5) is 0. The lowest BCUT2D eigenvalue weighted by molar-refractivity contribution is 1.21. The van der Waals surface area contributed by atoms with Crippen molar-refractivity contribution in [3.05, 3.63) is 59.7 Å². The number of hydrogen-bond donors (Lipinski definition) is 0. The number of allylic oxidation sites excluding steroid dienone is 4. The van der Waals surface area contributed by atoms with Crippen LogP contribution in [0, 0.1) is 5.54 Å². The van der Waals surface area contributed by atoms with Gasteiger partial charge in [-0.25, -0.2) is 0 Å². The van der Waals surface area contributed by atoms with Crippen LogP contribution in [0.5, 0.6) is 0 Å². The second kappa shape index (κ2) is 5.05. The normalized spacial score (nSPS) is 16.3. The summed E-state index contributed by atoms with van der Waals surface area (Å²) in [6, 6.07) is 13.7.